The first kappa shape index (κ1) is 8.28. The molecule has 1 unspecified atom stereocenters. The summed E-state index contributed by atoms with van der Waals surface area (Å²) in [4.78, 5) is 0. The first-order valence-electron chi connectivity index (χ1n) is 6.10. The highest BCUT2D eigenvalue weighted by molar-refractivity contribution is 4.99. The van der Waals surface area contributed by atoms with Crippen LogP contribution in [0.3, 0.4) is 0 Å². The first-order chi connectivity index (χ1) is 6.39. The first-order valence-corrected chi connectivity index (χ1v) is 6.10. The highest BCUT2D eigenvalue weighted by atomic mass is 14.9. The molecule has 3 rings (SSSR count). The van der Waals surface area contributed by atoms with Gasteiger partial charge in [0.15, 0.2) is 0 Å². The highest BCUT2D eigenvalue weighted by Crippen LogP contribution is 2.57. The van der Waals surface area contributed by atoms with E-state index >= 15 is 0 Å². The van der Waals surface area contributed by atoms with E-state index in [1.54, 1.807) is 32.1 Å². The second-order valence-corrected chi connectivity index (χ2v) is 5.53. The van der Waals surface area contributed by atoms with E-state index < -0.39 is 0 Å². The molecule has 3 fully saturated rings. The Kier molecular flexibility index (Phi) is 1.90. The summed E-state index contributed by atoms with van der Waals surface area (Å²) in [5.74, 6) is 2.28. The predicted octanol–water partition coefficient (Wildman–Crippen LogP) is 2.57. The van der Waals surface area contributed by atoms with Crippen LogP contribution in [-0.2, 0) is 0 Å². The fourth-order valence-corrected chi connectivity index (χ4v) is 3.46. The Morgan fingerprint density at radius 3 is 2.31 bits per heavy atom. The zero-order valence-corrected chi connectivity index (χ0v) is 8.52. The highest BCUT2D eigenvalue weighted by Gasteiger charge is 2.47. The zero-order valence-electron chi connectivity index (χ0n) is 8.52. The molecule has 2 aliphatic carbocycles. The molecular formula is C12H21N. The van der Waals surface area contributed by atoms with Crippen molar-refractivity contribution in [3.8, 4) is 0 Å². The smallest absolute Gasteiger partial charge is 0.00435 e. The van der Waals surface area contributed by atoms with Crippen molar-refractivity contribution < 1.29 is 0 Å². The number of piperidine rings is 1. The van der Waals surface area contributed by atoms with Crippen molar-refractivity contribution in [2.24, 2.45) is 17.3 Å². The molecule has 1 atom stereocenters. The van der Waals surface area contributed by atoms with Crippen molar-refractivity contribution in [3.63, 3.8) is 0 Å². The maximum Gasteiger partial charge on any atom is -0.00435 e. The van der Waals surface area contributed by atoms with Gasteiger partial charge in [-0.15, -0.1) is 0 Å². The van der Waals surface area contributed by atoms with E-state index in [2.05, 4.69) is 5.32 Å². The molecule has 1 N–H and O–H groups in total. The van der Waals surface area contributed by atoms with Crippen LogP contribution in [0.2, 0.25) is 0 Å². The van der Waals surface area contributed by atoms with Crippen LogP contribution in [-0.4, -0.2) is 13.1 Å². The molecule has 0 aromatic rings. The molecule has 1 nitrogen and oxygen atoms in total. The molecular weight excluding hydrogens is 158 g/mol. The van der Waals surface area contributed by atoms with Crippen LogP contribution in [0.15, 0.2) is 0 Å². The fraction of sp³-hybridized carbons (Fsp3) is 1.00. The molecule has 2 saturated carbocycles. The maximum atomic E-state index is 3.50. The summed E-state index contributed by atoms with van der Waals surface area (Å²) in [7, 11) is 0. The third-order valence-corrected chi connectivity index (χ3v) is 4.77. The lowest BCUT2D eigenvalue weighted by molar-refractivity contribution is -0.0109. The van der Waals surface area contributed by atoms with Gasteiger partial charge in [0.05, 0.1) is 0 Å². The Morgan fingerprint density at radius 1 is 1.00 bits per heavy atom. The van der Waals surface area contributed by atoms with Gasteiger partial charge < -0.3 is 5.32 Å². The minimum absolute atomic E-state index is 0.827. The molecule has 0 aromatic heterocycles. The van der Waals surface area contributed by atoms with Crippen molar-refractivity contribution in [1.29, 1.82) is 0 Å². The SMILES string of the molecule is C1CC2(CCN1)CCC2CC1CC1. The molecule has 1 aliphatic heterocycles. The van der Waals surface area contributed by atoms with Gasteiger partial charge in [-0.2, -0.15) is 0 Å². The molecule has 1 heterocycles. The summed E-state index contributed by atoms with van der Waals surface area (Å²) >= 11 is 0. The van der Waals surface area contributed by atoms with Crippen molar-refractivity contribution in [3.05, 3.63) is 0 Å². The van der Waals surface area contributed by atoms with Gasteiger partial charge in [0.2, 0.25) is 0 Å². The second-order valence-electron chi connectivity index (χ2n) is 5.53. The van der Waals surface area contributed by atoms with E-state index in [1.165, 1.54) is 25.9 Å². The van der Waals surface area contributed by atoms with Gasteiger partial charge in [0.1, 0.15) is 0 Å². The average Bonchev–Trinajstić information content (AvgIpc) is 2.98. The van der Waals surface area contributed by atoms with Crippen LogP contribution < -0.4 is 5.32 Å². The Bertz CT molecular complexity index is 189. The van der Waals surface area contributed by atoms with E-state index in [4.69, 9.17) is 0 Å². The molecule has 3 aliphatic rings. The summed E-state index contributed by atoms with van der Waals surface area (Å²) in [6, 6.07) is 0. The zero-order chi connectivity index (χ0) is 8.73. The van der Waals surface area contributed by atoms with Crippen molar-refractivity contribution in [1.82, 2.24) is 5.32 Å². The molecule has 0 bridgehead atoms. The van der Waals surface area contributed by atoms with E-state index in [1.807, 2.05) is 0 Å². The molecule has 1 heteroatoms. The van der Waals surface area contributed by atoms with E-state index in [-0.39, 0.29) is 0 Å². The van der Waals surface area contributed by atoms with Crippen LogP contribution in [0.1, 0.15) is 44.9 Å². The summed E-state index contributed by atoms with van der Waals surface area (Å²) in [6.07, 6.45) is 10.7. The molecule has 74 valence electrons. The van der Waals surface area contributed by atoms with Crippen LogP contribution in [0, 0.1) is 17.3 Å². The lowest BCUT2D eigenvalue weighted by Gasteiger charge is -2.52. The van der Waals surface area contributed by atoms with Crippen molar-refractivity contribution in [2.75, 3.05) is 13.1 Å². The van der Waals surface area contributed by atoms with Crippen LogP contribution in [0.4, 0.5) is 0 Å². The maximum absolute atomic E-state index is 3.50. The molecule has 13 heavy (non-hydrogen) atoms. The molecule has 1 spiro atoms. The normalized spacial score (nSPS) is 37.4. The van der Waals surface area contributed by atoms with E-state index in [0.29, 0.717) is 0 Å². The summed E-state index contributed by atoms with van der Waals surface area (Å²) in [5.41, 5.74) is 0.827. The standard InChI is InChI=1S/C12H21N/c1-2-10(1)9-11-3-4-12(11)5-7-13-8-6-12/h10-11,13H,1-9H2. The average molecular weight is 179 g/mol. The van der Waals surface area contributed by atoms with Gasteiger partial charge in [0, 0.05) is 0 Å². The Balaban J connectivity index is 1.61. The third-order valence-electron chi connectivity index (χ3n) is 4.77. The van der Waals surface area contributed by atoms with E-state index in [0.717, 1.165) is 17.3 Å². The molecule has 1 saturated heterocycles. The number of hydrogen-bond donors (Lipinski definition) is 1. The van der Waals surface area contributed by atoms with Crippen LogP contribution >= 0.6 is 0 Å². The van der Waals surface area contributed by atoms with E-state index in [9.17, 15) is 0 Å². The number of nitrogens with one attached hydrogen (secondary N) is 1. The lowest BCUT2D eigenvalue weighted by atomic mass is 9.54. The quantitative estimate of drug-likeness (QED) is 0.687. The molecule has 0 aromatic carbocycles. The summed E-state index contributed by atoms with van der Waals surface area (Å²) in [5, 5.41) is 3.50. The largest absolute Gasteiger partial charge is 0.317 e. The van der Waals surface area contributed by atoms with Gasteiger partial charge >= 0.3 is 0 Å². The second kappa shape index (κ2) is 2.98. The molecule has 0 radical (unpaired) electrons. The number of hydrogen-bond acceptors (Lipinski definition) is 1. The fourth-order valence-electron chi connectivity index (χ4n) is 3.46. The van der Waals surface area contributed by atoms with Crippen LogP contribution in [0.25, 0.3) is 0 Å². The topological polar surface area (TPSA) is 12.0 Å². The Hall–Kier alpha value is -0.0400. The summed E-state index contributed by atoms with van der Waals surface area (Å²) < 4.78 is 0. The van der Waals surface area contributed by atoms with Gasteiger partial charge in [-0.3, -0.25) is 0 Å². The number of rotatable bonds is 2. The summed E-state index contributed by atoms with van der Waals surface area (Å²) in [6.45, 7) is 2.59. The predicted molar refractivity (Wildman–Crippen MR) is 54.6 cm³/mol. The third kappa shape index (κ3) is 1.41. The van der Waals surface area contributed by atoms with Crippen LogP contribution in [0.5, 0.6) is 0 Å². The molecule has 0 amide bonds. The lowest BCUT2D eigenvalue weighted by Crippen LogP contribution is -2.47. The van der Waals surface area contributed by atoms with Gasteiger partial charge in [0.25, 0.3) is 0 Å². The monoisotopic (exact) mass is 179 g/mol. The van der Waals surface area contributed by atoms with Crippen molar-refractivity contribution in [2.45, 2.75) is 44.9 Å². The Labute approximate surface area is 81.3 Å². The van der Waals surface area contributed by atoms with Gasteiger partial charge in [-0.1, -0.05) is 12.8 Å². The van der Waals surface area contributed by atoms with Gasteiger partial charge in [-0.25, -0.2) is 0 Å². The van der Waals surface area contributed by atoms with Crippen molar-refractivity contribution >= 4 is 0 Å². The van der Waals surface area contributed by atoms with Gasteiger partial charge in [-0.05, 0) is 62.4 Å². The minimum atomic E-state index is 0.827. The Morgan fingerprint density at radius 2 is 1.77 bits per heavy atom. The minimum Gasteiger partial charge on any atom is -0.317 e.